The summed E-state index contributed by atoms with van der Waals surface area (Å²) in [6.45, 7) is 1.03. The Kier molecular flexibility index (Phi) is 5.23. The maximum Gasteiger partial charge on any atom is 0.259 e. The van der Waals surface area contributed by atoms with Crippen molar-refractivity contribution in [1.82, 2.24) is 14.4 Å². The van der Waals surface area contributed by atoms with Crippen molar-refractivity contribution in [2.45, 2.75) is 30.6 Å². The topological polar surface area (TPSA) is 76.3 Å². The van der Waals surface area contributed by atoms with Crippen molar-refractivity contribution in [3.8, 4) is 22.8 Å². The van der Waals surface area contributed by atoms with E-state index in [0.717, 1.165) is 25.7 Å². The fraction of sp³-hybridized carbons (Fsp3) is 0.300. The van der Waals surface area contributed by atoms with Crippen LogP contribution in [0.3, 0.4) is 0 Å². The van der Waals surface area contributed by atoms with Crippen molar-refractivity contribution in [3.05, 3.63) is 54.3 Å². The van der Waals surface area contributed by atoms with Crippen LogP contribution >= 0.6 is 0 Å². The summed E-state index contributed by atoms with van der Waals surface area (Å²) in [5.41, 5.74) is 0.955. The van der Waals surface area contributed by atoms with Crippen LogP contribution in [0.5, 0.6) is 0 Å². The molecule has 0 amide bonds. The van der Waals surface area contributed by atoms with Gasteiger partial charge in [-0.1, -0.05) is 30.1 Å². The van der Waals surface area contributed by atoms with E-state index in [0.29, 0.717) is 24.2 Å². The Morgan fingerprint density at radius 3 is 2.32 bits per heavy atom. The molecule has 0 bridgehead atoms. The number of halogens is 1. The molecule has 0 atom stereocenters. The van der Waals surface area contributed by atoms with Crippen molar-refractivity contribution in [2.75, 3.05) is 13.1 Å². The molecule has 1 saturated heterocycles. The zero-order valence-corrected chi connectivity index (χ0v) is 16.0. The molecule has 0 N–H and O–H groups in total. The fourth-order valence-corrected chi connectivity index (χ4v) is 5.04. The molecule has 0 unspecified atom stereocenters. The molecular weight excluding hydrogens is 381 g/mol. The van der Waals surface area contributed by atoms with Crippen molar-refractivity contribution >= 4 is 10.0 Å². The average molecular weight is 401 g/mol. The van der Waals surface area contributed by atoms with Crippen molar-refractivity contribution in [2.24, 2.45) is 0 Å². The van der Waals surface area contributed by atoms with E-state index in [9.17, 15) is 12.8 Å². The van der Waals surface area contributed by atoms with Gasteiger partial charge in [-0.25, -0.2) is 12.8 Å². The largest absolute Gasteiger partial charge is 0.334 e. The molecule has 28 heavy (non-hydrogen) atoms. The molecule has 4 rings (SSSR count). The van der Waals surface area contributed by atoms with Crippen LogP contribution in [-0.4, -0.2) is 36.0 Å². The zero-order valence-electron chi connectivity index (χ0n) is 15.2. The van der Waals surface area contributed by atoms with Gasteiger partial charge in [-0.3, -0.25) is 0 Å². The number of rotatable bonds is 4. The monoisotopic (exact) mass is 401 g/mol. The second-order valence-corrected chi connectivity index (χ2v) is 8.65. The van der Waals surface area contributed by atoms with E-state index in [-0.39, 0.29) is 22.4 Å². The molecule has 0 aliphatic carbocycles. The first kappa shape index (κ1) is 18.8. The molecule has 1 aliphatic heterocycles. The van der Waals surface area contributed by atoms with Crippen LogP contribution in [0.1, 0.15) is 25.7 Å². The lowest BCUT2D eigenvalue weighted by atomic mass is 10.2. The van der Waals surface area contributed by atoms with Gasteiger partial charge >= 0.3 is 0 Å². The lowest BCUT2D eigenvalue weighted by Gasteiger charge is -2.20. The highest BCUT2D eigenvalue weighted by molar-refractivity contribution is 7.89. The van der Waals surface area contributed by atoms with Crippen LogP contribution in [0.2, 0.25) is 0 Å². The Balaban J connectivity index is 1.71. The summed E-state index contributed by atoms with van der Waals surface area (Å²) in [6.07, 6.45) is 3.80. The molecule has 0 saturated carbocycles. The van der Waals surface area contributed by atoms with Crippen LogP contribution in [0.4, 0.5) is 4.39 Å². The summed E-state index contributed by atoms with van der Waals surface area (Å²) in [5, 5.41) is 3.93. The van der Waals surface area contributed by atoms with Gasteiger partial charge in [0, 0.05) is 18.7 Å². The predicted molar refractivity (Wildman–Crippen MR) is 102 cm³/mol. The first-order valence-corrected chi connectivity index (χ1v) is 10.7. The van der Waals surface area contributed by atoms with E-state index in [4.69, 9.17) is 4.52 Å². The maximum absolute atomic E-state index is 13.2. The minimum absolute atomic E-state index is 0.119. The van der Waals surface area contributed by atoms with E-state index in [2.05, 4.69) is 10.1 Å². The third-order valence-corrected chi connectivity index (χ3v) is 6.79. The first-order valence-electron chi connectivity index (χ1n) is 9.25. The van der Waals surface area contributed by atoms with Crippen LogP contribution < -0.4 is 0 Å². The zero-order chi connectivity index (χ0) is 19.6. The van der Waals surface area contributed by atoms with Crippen LogP contribution in [0.25, 0.3) is 22.8 Å². The predicted octanol–water partition coefficient (Wildman–Crippen LogP) is 4.11. The molecular formula is C20H20FN3O3S. The number of aromatic nitrogens is 2. The van der Waals surface area contributed by atoms with Gasteiger partial charge in [0.2, 0.25) is 15.8 Å². The van der Waals surface area contributed by atoms with Crippen molar-refractivity contribution in [1.29, 1.82) is 0 Å². The summed E-state index contributed by atoms with van der Waals surface area (Å²) in [4.78, 5) is 4.49. The van der Waals surface area contributed by atoms with E-state index >= 15 is 0 Å². The second-order valence-electron chi connectivity index (χ2n) is 6.74. The standard InChI is InChI=1S/C20H20FN3O3S/c21-16-11-9-15(10-12-16)19-22-20(27-23-19)17-7-3-4-8-18(17)28(25,26)24-13-5-1-2-6-14-24/h3-4,7-12H,1-2,5-6,13-14H2. The van der Waals surface area contributed by atoms with E-state index in [1.165, 1.54) is 16.4 Å². The lowest BCUT2D eigenvalue weighted by molar-refractivity contribution is 0.420. The molecule has 0 spiro atoms. The van der Waals surface area contributed by atoms with Crippen LogP contribution in [0.15, 0.2) is 57.9 Å². The Labute approximate surface area is 163 Å². The van der Waals surface area contributed by atoms with Gasteiger partial charge in [0.05, 0.1) is 10.5 Å². The van der Waals surface area contributed by atoms with Gasteiger partial charge in [0.15, 0.2) is 0 Å². The minimum Gasteiger partial charge on any atom is -0.334 e. The molecule has 2 heterocycles. The van der Waals surface area contributed by atoms with E-state index in [1.54, 1.807) is 36.4 Å². The second kappa shape index (κ2) is 7.81. The first-order chi connectivity index (χ1) is 13.6. The highest BCUT2D eigenvalue weighted by Crippen LogP contribution is 2.30. The third kappa shape index (κ3) is 3.70. The highest BCUT2D eigenvalue weighted by Gasteiger charge is 2.29. The number of benzene rings is 2. The normalized spacial score (nSPS) is 16.0. The van der Waals surface area contributed by atoms with Gasteiger partial charge in [0.1, 0.15) is 5.82 Å². The van der Waals surface area contributed by atoms with Gasteiger partial charge < -0.3 is 4.52 Å². The molecule has 6 nitrogen and oxygen atoms in total. The molecule has 8 heteroatoms. The molecule has 146 valence electrons. The molecule has 2 aromatic carbocycles. The Bertz CT molecular complexity index is 1060. The summed E-state index contributed by atoms with van der Waals surface area (Å²) >= 11 is 0. The fourth-order valence-electron chi connectivity index (χ4n) is 3.34. The number of nitrogens with zero attached hydrogens (tertiary/aromatic N) is 3. The quantitative estimate of drug-likeness (QED) is 0.658. The van der Waals surface area contributed by atoms with Gasteiger partial charge in [0.25, 0.3) is 5.89 Å². The minimum atomic E-state index is -3.67. The average Bonchev–Trinajstić information content (AvgIpc) is 3.02. The summed E-state index contributed by atoms with van der Waals surface area (Å²) in [5.74, 6) is 0.0339. The number of hydrogen-bond acceptors (Lipinski definition) is 5. The Morgan fingerprint density at radius 2 is 1.61 bits per heavy atom. The van der Waals surface area contributed by atoms with E-state index in [1.807, 2.05) is 0 Å². The molecule has 3 aromatic rings. The summed E-state index contributed by atoms with van der Waals surface area (Å²) in [7, 11) is -3.67. The number of sulfonamides is 1. The van der Waals surface area contributed by atoms with E-state index < -0.39 is 10.0 Å². The molecule has 1 aromatic heterocycles. The van der Waals surface area contributed by atoms with Crippen LogP contribution in [0, 0.1) is 5.82 Å². The summed E-state index contributed by atoms with van der Waals surface area (Å²) in [6, 6.07) is 12.4. The van der Waals surface area contributed by atoms with Crippen molar-refractivity contribution in [3.63, 3.8) is 0 Å². The SMILES string of the molecule is O=S(=O)(c1ccccc1-c1nc(-c2ccc(F)cc2)no1)N1CCCCCC1. The Hall–Kier alpha value is -2.58. The Morgan fingerprint density at radius 1 is 0.929 bits per heavy atom. The van der Waals surface area contributed by atoms with Gasteiger partial charge in [-0.05, 0) is 49.2 Å². The lowest BCUT2D eigenvalue weighted by Crippen LogP contribution is -2.32. The number of hydrogen-bond donors (Lipinski definition) is 0. The summed E-state index contributed by atoms with van der Waals surface area (Å²) < 4.78 is 46.5. The van der Waals surface area contributed by atoms with Gasteiger partial charge in [-0.2, -0.15) is 9.29 Å². The smallest absolute Gasteiger partial charge is 0.259 e. The molecule has 1 aliphatic rings. The van der Waals surface area contributed by atoms with Gasteiger partial charge in [-0.15, -0.1) is 0 Å². The van der Waals surface area contributed by atoms with Crippen LogP contribution in [-0.2, 0) is 10.0 Å². The highest BCUT2D eigenvalue weighted by atomic mass is 32.2. The third-order valence-electron chi connectivity index (χ3n) is 4.83. The molecule has 0 radical (unpaired) electrons. The maximum atomic E-state index is 13.2. The molecule has 1 fully saturated rings. The van der Waals surface area contributed by atoms with Crippen molar-refractivity contribution < 1.29 is 17.3 Å².